The lowest BCUT2D eigenvalue weighted by Gasteiger charge is -2.24. The molecule has 1 fully saturated rings. The molecule has 1 amide bonds. The highest BCUT2D eigenvalue weighted by molar-refractivity contribution is 5.82. The Labute approximate surface area is 115 Å². The van der Waals surface area contributed by atoms with Gasteiger partial charge in [0, 0.05) is 18.5 Å². The third-order valence-corrected chi connectivity index (χ3v) is 4.24. The Hall–Kier alpha value is -1.35. The first kappa shape index (κ1) is 14.1. The van der Waals surface area contributed by atoms with Gasteiger partial charge >= 0.3 is 0 Å². The molecule has 2 N–H and O–H groups in total. The molecule has 0 saturated carbocycles. The summed E-state index contributed by atoms with van der Waals surface area (Å²) in [7, 11) is 0. The average Bonchev–Trinajstić information content (AvgIpc) is 2.79. The molecule has 3 heteroatoms. The van der Waals surface area contributed by atoms with Crippen molar-refractivity contribution < 1.29 is 4.79 Å². The Morgan fingerprint density at radius 1 is 1.47 bits per heavy atom. The first-order valence-electron chi connectivity index (χ1n) is 7.16. The van der Waals surface area contributed by atoms with Crippen LogP contribution in [0, 0.1) is 6.92 Å². The summed E-state index contributed by atoms with van der Waals surface area (Å²) in [6, 6.07) is 8.40. The quantitative estimate of drug-likeness (QED) is 0.907. The van der Waals surface area contributed by atoms with E-state index in [9.17, 15) is 4.79 Å². The lowest BCUT2D eigenvalue weighted by Crippen LogP contribution is -2.45. The Balaban J connectivity index is 2.14. The van der Waals surface area contributed by atoms with Crippen molar-refractivity contribution in [1.29, 1.82) is 0 Å². The van der Waals surface area contributed by atoms with Crippen LogP contribution in [0.3, 0.4) is 0 Å². The number of hydrogen-bond acceptors (Lipinski definition) is 2. The monoisotopic (exact) mass is 260 g/mol. The summed E-state index contributed by atoms with van der Waals surface area (Å²) >= 11 is 0. The van der Waals surface area contributed by atoms with E-state index in [1.54, 1.807) is 0 Å². The fraction of sp³-hybridized carbons (Fsp3) is 0.562. The van der Waals surface area contributed by atoms with Gasteiger partial charge in [0.15, 0.2) is 0 Å². The van der Waals surface area contributed by atoms with Crippen molar-refractivity contribution in [2.45, 2.75) is 51.6 Å². The molecule has 0 aliphatic carbocycles. The van der Waals surface area contributed by atoms with Crippen LogP contribution in [0.4, 0.5) is 0 Å². The average molecular weight is 260 g/mol. The van der Waals surface area contributed by atoms with E-state index in [0.29, 0.717) is 12.3 Å². The van der Waals surface area contributed by atoms with Gasteiger partial charge in [0.05, 0.1) is 6.04 Å². The number of nitrogens with two attached hydrogens (primary N) is 1. The third kappa shape index (κ3) is 2.81. The Morgan fingerprint density at radius 3 is 2.79 bits per heavy atom. The third-order valence-electron chi connectivity index (χ3n) is 4.24. The van der Waals surface area contributed by atoms with Crippen LogP contribution >= 0.6 is 0 Å². The number of benzene rings is 1. The smallest absolute Gasteiger partial charge is 0.239 e. The molecule has 2 rings (SSSR count). The summed E-state index contributed by atoms with van der Waals surface area (Å²) in [4.78, 5) is 14.2. The van der Waals surface area contributed by atoms with Gasteiger partial charge in [-0.1, -0.05) is 31.2 Å². The van der Waals surface area contributed by atoms with Crippen molar-refractivity contribution in [2.75, 3.05) is 6.54 Å². The van der Waals surface area contributed by atoms with Crippen LogP contribution in [-0.4, -0.2) is 29.4 Å². The fourth-order valence-electron chi connectivity index (χ4n) is 3.00. The number of nitrogens with zero attached hydrogens (tertiary/aromatic N) is 1. The highest BCUT2D eigenvalue weighted by Gasteiger charge is 2.35. The van der Waals surface area contributed by atoms with Gasteiger partial charge < -0.3 is 10.6 Å². The molecule has 1 heterocycles. The van der Waals surface area contributed by atoms with E-state index >= 15 is 0 Å². The Morgan fingerprint density at radius 2 is 2.16 bits per heavy atom. The molecule has 0 aromatic heterocycles. The maximum atomic E-state index is 12.2. The molecule has 19 heavy (non-hydrogen) atoms. The number of likely N-dealkylation sites (tertiary alicyclic amines) is 1. The molecule has 1 aromatic rings. The van der Waals surface area contributed by atoms with E-state index in [-0.39, 0.29) is 18.0 Å². The van der Waals surface area contributed by atoms with Crippen LogP contribution < -0.4 is 5.73 Å². The summed E-state index contributed by atoms with van der Waals surface area (Å²) in [6.45, 7) is 7.03. The van der Waals surface area contributed by atoms with Crippen molar-refractivity contribution in [3.05, 3.63) is 35.4 Å². The second-order valence-electron chi connectivity index (χ2n) is 5.64. The van der Waals surface area contributed by atoms with Crippen LogP contribution in [-0.2, 0) is 4.79 Å². The zero-order valence-corrected chi connectivity index (χ0v) is 12.1. The standard InChI is InChI=1S/C16H24N2O/c1-4-15(17)16(19)18-10-13(9-12(18)3)14-8-6-5-7-11(14)2/h5-8,12-13,15H,4,9-10,17H2,1-3H3/t12-,13-,15+/m1/s1. The van der Waals surface area contributed by atoms with Crippen molar-refractivity contribution in [2.24, 2.45) is 5.73 Å². The van der Waals surface area contributed by atoms with Crippen LogP contribution in [0.15, 0.2) is 24.3 Å². The summed E-state index contributed by atoms with van der Waals surface area (Å²) in [5.41, 5.74) is 8.57. The van der Waals surface area contributed by atoms with E-state index in [1.165, 1.54) is 11.1 Å². The summed E-state index contributed by atoms with van der Waals surface area (Å²) in [6.07, 6.45) is 1.74. The number of aryl methyl sites for hydroxylation is 1. The number of rotatable bonds is 3. The van der Waals surface area contributed by atoms with Crippen LogP contribution in [0.25, 0.3) is 0 Å². The molecular weight excluding hydrogens is 236 g/mol. The molecule has 3 atom stereocenters. The maximum Gasteiger partial charge on any atom is 0.239 e. The molecule has 1 saturated heterocycles. The van der Waals surface area contributed by atoms with E-state index in [4.69, 9.17) is 5.73 Å². The van der Waals surface area contributed by atoms with Gasteiger partial charge in [-0.2, -0.15) is 0 Å². The van der Waals surface area contributed by atoms with E-state index < -0.39 is 0 Å². The van der Waals surface area contributed by atoms with Crippen molar-refractivity contribution >= 4 is 5.91 Å². The van der Waals surface area contributed by atoms with Gasteiger partial charge in [0.2, 0.25) is 5.91 Å². The summed E-state index contributed by atoms with van der Waals surface area (Å²) in [5, 5.41) is 0. The number of carbonyl (C=O) groups excluding carboxylic acids is 1. The van der Waals surface area contributed by atoms with Crippen LogP contribution in [0.2, 0.25) is 0 Å². The minimum Gasteiger partial charge on any atom is -0.338 e. The largest absolute Gasteiger partial charge is 0.338 e. The zero-order valence-electron chi connectivity index (χ0n) is 12.1. The Kier molecular flexibility index (Phi) is 4.25. The predicted molar refractivity (Wildman–Crippen MR) is 78.0 cm³/mol. The summed E-state index contributed by atoms with van der Waals surface area (Å²) in [5.74, 6) is 0.551. The molecule has 0 unspecified atom stereocenters. The van der Waals surface area contributed by atoms with Gasteiger partial charge in [-0.05, 0) is 37.8 Å². The molecule has 3 nitrogen and oxygen atoms in total. The molecule has 0 radical (unpaired) electrons. The molecule has 1 aromatic carbocycles. The molecule has 0 spiro atoms. The van der Waals surface area contributed by atoms with Crippen molar-refractivity contribution in [1.82, 2.24) is 4.90 Å². The zero-order chi connectivity index (χ0) is 14.0. The van der Waals surface area contributed by atoms with Crippen molar-refractivity contribution in [3.63, 3.8) is 0 Å². The van der Waals surface area contributed by atoms with Gasteiger partial charge in [0.25, 0.3) is 0 Å². The van der Waals surface area contributed by atoms with Crippen LogP contribution in [0.1, 0.15) is 43.7 Å². The van der Waals surface area contributed by atoms with Crippen LogP contribution in [0.5, 0.6) is 0 Å². The lowest BCUT2D eigenvalue weighted by molar-refractivity contribution is -0.133. The maximum absolute atomic E-state index is 12.2. The fourth-order valence-corrected chi connectivity index (χ4v) is 3.00. The van der Waals surface area contributed by atoms with E-state index in [2.05, 4.69) is 38.1 Å². The van der Waals surface area contributed by atoms with Gasteiger partial charge in [-0.3, -0.25) is 4.79 Å². The number of amides is 1. The second kappa shape index (κ2) is 5.74. The minimum atomic E-state index is -0.349. The summed E-state index contributed by atoms with van der Waals surface area (Å²) < 4.78 is 0. The van der Waals surface area contributed by atoms with E-state index in [1.807, 2.05) is 11.8 Å². The normalized spacial score (nSPS) is 24.5. The second-order valence-corrected chi connectivity index (χ2v) is 5.64. The first-order valence-corrected chi connectivity index (χ1v) is 7.16. The van der Waals surface area contributed by atoms with E-state index in [0.717, 1.165) is 13.0 Å². The predicted octanol–water partition coefficient (Wildman–Crippen LogP) is 2.44. The highest BCUT2D eigenvalue weighted by Crippen LogP contribution is 2.33. The first-order chi connectivity index (χ1) is 9.04. The molecule has 104 valence electrons. The number of carbonyl (C=O) groups is 1. The van der Waals surface area contributed by atoms with Gasteiger partial charge in [0.1, 0.15) is 0 Å². The van der Waals surface area contributed by atoms with Crippen molar-refractivity contribution in [3.8, 4) is 0 Å². The Bertz CT molecular complexity index is 458. The highest BCUT2D eigenvalue weighted by atomic mass is 16.2. The molecule has 0 bridgehead atoms. The molecular formula is C16H24N2O. The molecule has 1 aliphatic rings. The van der Waals surface area contributed by atoms with Gasteiger partial charge in [-0.25, -0.2) is 0 Å². The van der Waals surface area contributed by atoms with Gasteiger partial charge in [-0.15, -0.1) is 0 Å². The lowest BCUT2D eigenvalue weighted by atomic mass is 9.93. The minimum absolute atomic E-state index is 0.103. The number of hydrogen-bond donors (Lipinski definition) is 1. The SMILES string of the molecule is CC[C@H](N)C(=O)N1C[C@H](c2ccccc2C)C[C@H]1C. The molecule has 1 aliphatic heterocycles. The topological polar surface area (TPSA) is 46.3 Å².